The highest BCUT2D eigenvalue weighted by atomic mass is 32.2. The van der Waals surface area contributed by atoms with Crippen LogP contribution >= 0.6 is 0 Å². The van der Waals surface area contributed by atoms with Crippen LogP contribution in [0.4, 0.5) is 5.69 Å². The molecule has 0 aliphatic carbocycles. The maximum absolute atomic E-state index is 13.0. The fourth-order valence-electron chi connectivity index (χ4n) is 3.25. The normalized spacial score (nSPS) is 13.7. The lowest BCUT2D eigenvalue weighted by molar-refractivity contribution is -0.122. The van der Waals surface area contributed by atoms with Gasteiger partial charge in [-0.1, -0.05) is 48.9 Å². The second kappa shape index (κ2) is 8.57. The molecule has 2 rings (SSSR count). The van der Waals surface area contributed by atoms with Crippen LogP contribution in [-0.4, -0.2) is 26.6 Å². The van der Waals surface area contributed by atoms with E-state index in [1.165, 1.54) is 4.31 Å². The summed E-state index contributed by atoms with van der Waals surface area (Å²) in [5.41, 5.74) is 3.72. The third-order valence-electron chi connectivity index (χ3n) is 4.60. The SMILES string of the molecule is CC[C@@H](C(=O)N[C@@H](C)c1cc(C)ccc1C)N(c1ccccc1)S(C)(=O)=O. The van der Waals surface area contributed by atoms with Gasteiger partial charge in [-0.25, -0.2) is 8.42 Å². The third-order valence-corrected chi connectivity index (χ3v) is 5.78. The number of para-hydroxylation sites is 1. The topological polar surface area (TPSA) is 66.5 Å². The van der Waals surface area contributed by atoms with Gasteiger partial charge in [0.25, 0.3) is 0 Å². The molecule has 0 aromatic heterocycles. The van der Waals surface area contributed by atoms with E-state index in [-0.39, 0.29) is 11.9 Å². The lowest BCUT2D eigenvalue weighted by Gasteiger charge is -2.31. The van der Waals surface area contributed by atoms with E-state index in [1.54, 1.807) is 24.3 Å². The highest BCUT2D eigenvalue weighted by Gasteiger charge is 2.32. The summed E-state index contributed by atoms with van der Waals surface area (Å²) in [6.45, 7) is 7.74. The summed E-state index contributed by atoms with van der Waals surface area (Å²) in [5, 5.41) is 2.99. The average molecular weight is 389 g/mol. The third kappa shape index (κ3) is 5.10. The number of carbonyl (C=O) groups excluding carboxylic acids is 1. The maximum atomic E-state index is 13.0. The van der Waals surface area contributed by atoms with Crippen LogP contribution in [0.3, 0.4) is 0 Å². The fourth-order valence-corrected chi connectivity index (χ4v) is 4.46. The van der Waals surface area contributed by atoms with Gasteiger partial charge in [0.05, 0.1) is 18.0 Å². The Morgan fingerprint density at radius 3 is 2.30 bits per heavy atom. The predicted molar refractivity (Wildman–Crippen MR) is 110 cm³/mol. The Kier molecular flexibility index (Phi) is 6.65. The Morgan fingerprint density at radius 1 is 1.11 bits per heavy atom. The molecule has 0 saturated carbocycles. The van der Waals surface area contributed by atoms with Crippen LogP contribution in [0.1, 0.15) is 43.0 Å². The minimum atomic E-state index is -3.62. The molecule has 2 atom stereocenters. The van der Waals surface area contributed by atoms with Gasteiger partial charge in [0, 0.05) is 0 Å². The van der Waals surface area contributed by atoms with Gasteiger partial charge in [0.1, 0.15) is 6.04 Å². The molecule has 1 amide bonds. The van der Waals surface area contributed by atoms with E-state index in [0.29, 0.717) is 12.1 Å². The van der Waals surface area contributed by atoms with Crippen LogP contribution in [0.2, 0.25) is 0 Å². The van der Waals surface area contributed by atoms with Gasteiger partial charge in [-0.05, 0) is 50.5 Å². The zero-order valence-corrected chi connectivity index (χ0v) is 17.4. The zero-order valence-electron chi connectivity index (χ0n) is 16.6. The molecule has 0 unspecified atom stereocenters. The lowest BCUT2D eigenvalue weighted by atomic mass is 9.99. The minimum absolute atomic E-state index is 0.219. The summed E-state index contributed by atoms with van der Waals surface area (Å²) in [6.07, 6.45) is 1.50. The lowest BCUT2D eigenvalue weighted by Crippen LogP contribution is -2.49. The van der Waals surface area contributed by atoms with E-state index in [9.17, 15) is 13.2 Å². The van der Waals surface area contributed by atoms with E-state index >= 15 is 0 Å². The van der Waals surface area contributed by atoms with E-state index in [2.05, 4.69) is 5.32 Å². The first-order chi connectivity index (χ1) is 12.6. The predicted octanol–water partition coefficient (Wildman–Crippen LogP) is 3.73. The van der Waals surface area contributed by atoms with Gasteiger partial charge >= 0.3 is 0 Å². The largest absolute Gasteiger partial charge is 0.348 e. The van der Waals surface area contributed by atoms with Crippen molar-refractivity contribution in [2.24, 2.45) is 0 Å². The number of rotatable bonds is 7. The van der Waals surface area contributed by atoms with Crippen LogP contribution in [0.15, 0.2) is 48.5 Å². The van der Waals surface area contributed by atoms with E-state index in [4.69, 9.17) is 0 Å². The van der Waals surface area contributed by atoms with Crippen LogP contribution in [0.5, 0.6) is 0 Å². The highest BCUT2D eigenvalue weighted by molar-refractivity contribution is 7.92. The number of carbonyl (C=O) groups is 1. The number of nitrogens with zero attached hydrogens (tertiary/aromatic N) is 1. The molecule has 2 aromatic rings. The summed E-state index contributed by atoms with van der Waals surface area (Å²) in [4.78, 5) is 13.0. The molecule has 0 spiro atoms. The van der Waals surface area contributed by atoms with Crippen LogP contribution in [0, 0.1) is 13.8 Å². The minimum Gasteiger partial charge on any atom is -0.348 e. The van der Waals surface area contributed by atoms with Crippen LogP contribution in [0.25, 0.3) is 0 Å². The number of sulfonamides is 1. The number of aryl methyl sites for hydroxylation is 2. The molecule has 0 fully saturated rings. The molecule has 0 aliphatic heterocycles. The summed E-state index contributed by atoms with van der Waals surface area (Å²) >= 11 is 0. The first-order valence-corrected chi connectivity index (χ1v) is 10.9. The van der Waals surface area contributed by atoms with Crippen molar-refractivity contribution in [3.63, 3.8) is 0 Å². The molecule has 0 radical (unpaired) electrons. The number of hydrogen-bond donors (Lipinski definition) is 1. The van der Waals surface area contributed by atoms with Crippen molar-refractivity contribution in [1.29, 1.82) is 0 Å². The van der Waals surface area contributed by atoms with Crippen LogP contribution in [-0.2, 0) is 14.8 Å². The molecule has 6 heteroatoms. The summed E-state index contributed by atoms with van der Waals surface area (Å²) in [6, 6.07) is 13.8. The monoisotopic (exact) mass is 388 g/mol. The molecule has 0 aliphatic rings. The maximum Gasteiger partial charge on any atom is 0.244 e. The Morgan fingerprint density at radius 2 is 1.74 bits per heavy atom. The Hall–Kier alpha value is -2.34. The first kappa shape index (κ1) is 21.0. The summed E-state index contributed by atoms with van der Waals surface area (Å²) < 4.78 is 26.1. The molecule has 0 bridgehead atoms. The van der Waals surface area contributed by atoms with Gasteiger partial charge in [-0.15, -0.1) is 0 Å². The van der Waals surface area contributed by atoms with E-state index < -0.39 is 16.1 Å². The number of nitrogens with one attached hydrogen (secondary N) is 1. The number of amides is 1. The highest BCUT2D eigenvalue weighted by Crippen LogP contribution is 2.24. The first-order valence-electron chi connectivity index (χ1n) is 9.07. The van der Waals surface area contributed by atoms with Crippen molar-refractivity contribution in [2.45, 2.75) is 46.2 Å². The molecule has 146 valence electrons. The van der Waals surface area contributed by atoms with Crippen molar-refractivity contribution >= 4 is 21.6 Å². The summed E-state index contributed by atoms with van der Waals surface area (Å²) in [5.74, 6) is -0.305. The number of benzene rings is 2. The van der Waals surface area contributed by atoms with Crippen molar-refractivity contribution in [2.75, 3.05) is 10.6 Å². The Bertz CT molecular complexity index is 895. The van der Waals surface area contributed by atoms with Gasteiger partial charge in [0.15, 0.2) is 0 Å². The number of anilines is 1. The molecule has 1 N–H and O–H groups in total. The number of hydrogen-bond acceptors (Lipinski definition) is 3. The molecular formula is C21H28N2O3S. The summed E-state index contributed by atoms with van der Waals surface area (Å²) in [7, 11) is -3.62. The van der Waals surface area contributed by atoms with Gasteiger partial charge < -0.3 is 5.32 Å². The fraction of sp³-hybridized carbons (Fsp3) is 0.381. The smallest absolute Gasteiger partial charge is 0.244 e. The van der Waals surface area contributed by atoms with Crippen LogP contribution < -0.4 is 9.62 Å². The van der Waals surface area contributed by atoms with Crippen molar-refractivity contribution < 1.29 is 13.2 Å². The second-order valence-electron chi connectivity index (χ2n) is 6.91. The van der Waals surface area contributed by atoms with Gasteiger partial charge in [-0.3, -0.25) is 9.10 Å². The van der Waals surface area contributed by atoms with E-state index in [1.807, 2.05) is 52.0 Å². The molecule has 0 saturated heterocycles. The molecule has 27 heavy (non-hydrogen) atoms. The standard InChI is InChI=1S/C21H28N2O3S/c1-6-20(23(27(5,25)26)18-10-8-7-9-11-18)21(24)22-17(4)19-14-15(2)12-13-16(19)3/h7-14,17,20H,6H2,1-5H3,(H,22,24)/t17-,20-/m0/s1. The molecule has 5 nitrogen and oxygen atoms in total. The Balaban J connectivity index is 2.31. The Labute approximate surface area is 162 Å². The molecule has 2 aromatic carbocycles. The second-order valence-corrected chi connectivity index (χ2v) is 8.77. The molecule has 0 heterocycles. The van der Waals surface area contributed by atoms with Crippen molar-refractivity contribution in [3.8, 4) is 0 Å². The van der Waals surface area contributed by atoms with Gasteiger partial charge in [-0.2, -0.15) is 0 Å². The van der Waals surface area contributed by atoms with Gasteiger partial charge in [0.2, 0.25) is 15.9 Å². The van der Waals surface area contributed by atoms with E-state index in [0.717, 1.165) is 22.9 Å². The molecular weight excluding hydrogens is 360 g/mol. The zero-order chi connectivity index (χ0) is 20.2. The van der Waals surface area contributed by atoms with Crippen molar-refractivity contribution in [1.82, 2.24) is 5.32 Å². The average Bonchev–Trinajstić information content (AvgIpc) is 2.60. The quantitative estimate of drug-likeness (QED) is 0.786. The van der Waals surface area contributed by atoms with Crippen molar-refractivity contribution in [3.05, 3.63) is 65.2 Å².